The monoisotopic (exact) mass is 324 g/mol. The molecule has 0 aliphatic carbocycles. The summed E-state index contributed by atoms with van der Waals surface area (Å²) in [6.45, 7) is 5.37. The van der Waals surface area contributed by atoms with Crippen molar-refractivity contribution in [3.05, 3.63) is 59.7 Å². The second-order valence-corrected chi connectivity index (χ2v) is 6.12. The number of anilines is 1. The Hall–Kier alpha value is -2.49. The van der Waals surface area contributed by atoms with Crippen molar-refractivity contribution in [3.63, 3.8) is 0 Å². The minimum atomic E-state index is -0.0637. The van der Waals surface area contributed by atoms with Crippen molar-refractivity contribution in [3.8, 4) is 5.75 Å². The van der Waals surface area contributed by atoms with Crippen LogP contribution in [0.5, 0.6) is 5.75 Å². The quantitative estimate of drug-likeness (QED) is 0.880. The van der Waals surface area contributed by atoms with E-state index in [1.165, 1.54) is 11.1 Å². The molecule has 0 unspecified atom stereocenters. The molecule has 1 aliphatic heterocycles. The van der Waals surface area contributed by atoms with Crippen LogP contribution in [0.4, 0.5) is 10.5 Å². The van der Waals surface area contributed by atoms with Crippen molar-refractivity contribution in [1.82, 2.24) is 4.90 Å². The highest BCUT2D eigenvalue weighted by molar-refractivity contribution is 5.91. The molecule has 1 fully saturated rings. The third-order valence-electron chi connectivity index (χ3n) is 4.37. The van der Waals surface area contributed by atoms with Crippen LogP contribution < -0.4 is 10.1 Å². The van der Waals surface area contributed by atoms with E-state index in [4.69, 9.17) is 4.74 Å². The van der Waals surface area contributed by atoms with E-state index in [-0.39, 0.29) is 12.1 Å². The van der Waals surface area contributed by atoms with E-state index in [0.29, 0.717) is 12.4 Å². The van der Waals surface area contributed by atoms with Gasteiger partial charge in [-0.2, -0.15) is 0 Å². The molecule has 0 saturated carbocycles. The average Bonchev–Trinajstić information content (AvgIpc) is 3.07. The SMILES string of the molecule is CCOc1ccccc1NC(=O)N1CCC[C@@H]1c1cccc(C)c1. The number of rotatable bonds is 4. The molecule has 1 heterocycles. The van der Waals surface area contributed by atoms with Gasteiger partial charge in [0.2, 0.25) is 0 Å². The molecule has 2 amide bonds. The number of para-hydroxylation sites is 2. The molecule has 3 rings (SSSR count). The zero-order valence-electron chi connectivity index (χ0n) is 14.3. The first-order chi connectivity index (χ1) is 11.7. The summed E-state index contributed by atoms with van der Waals surface area (Å²) in [4.78, 5) is 14.7. The van der Waals surface area contributed by atoms with Crippen molar-refractivity contribution in [1.29, 1.82) is 0 Å². The number of aryl methyl sites for hydroxylation is 1. The van der Waals surface area contributed by atoms with Crippen LogP contribution in [-0.2, 0) is 0 Å². The highest BCUT2D eigenvalue weighted by atomic mass is 16.5. The first-order valence-corrected chi connectivity index (χ1v) is 8.55. The summed E-state index contributed by atoms with van der Waals surface area (Å²) in [6.07, 6.45) is 2.03. The zero-order chi connectivity index (χ0) is 16.9. The van der Waals surface area contributed by atoms with Crippen LogP contribution in [0.25, 0.3) is 0 Å². The predicted octanol–water partition coefficient (Wildman–Crippen LogP) is 4.76. The van der Waals surface area contributed by atoms with Gasteiger partial charge in [0.25, 0.3) is 0 Å². The van der Waals surface area contributed by atoms with Crippen LogP contribution in [-0.4, -0.2) is 24.1 Å². The predicted molar refractivity (Wildman–Crippen MR) is 96.5 cm³/mol. The number of benzene rings is 2. The van der Waals surface area contributed by atoms with Gasteiger partial charge in [-0.25, -0.2) is 4.79 Å². The van der Waals surface area contributed by atoms with Crippen LogP contribution in [0, 0.1) is 6.92 Å². The molecule has 1 N–H and O–H groups in total. The fourth-order valence-electron chi connectivity index (χ4n) is 3.27. The standard InChI is InChI=1S/C20H24N2O2/c1-3-24-19-12-5-4-10-17(19)21-20(23)22-13-7-11-18(22)16-9-6-8-15(2)14-16/h4-6,8-10,12,14,18H,3,7,11,13H2,1-2H3,(H,21,23)/t18-/m1/s1. The fraction of sp³-hybridized carbons (Fsp3) is 0.350. The van der Waals surface area contributed by atoms with Crippen LogP contribution >= 0.6 is 0 Å². The maximum Gasteiger partial charge on any atom is 0.322 e. The number of nitrogens with one attached hydrogen (secondary N) is 1. The average molecular weight is 324 g/mol. The Kier molecular flexibility index (Phi) is 5.04. The number of carbonyl (C=O) groups is 1. The number of carbonyl (C=O) groups excluding carboxylic acids is 1. The number of ether oxygens (including phenoxy) is 1. The lowest BCUT2D eigenvalue weighted by Crippen LogP contribution is -2.34. The van der Waals surface area contributed by atoms with Crippen LogP contribution in [0.1, 0.15) is 36.9 Å². The van der Waals surface area contributed by atoms with E-state index in [2.05, 4.69) is 36.5 Å². The van der Waals surface area contributed by atoms with Crippen molar-refractivity contribution in [2.24, 2.45) is 0 Å². The third kappa shape index (κ3) is 3.53. The summed E-state index contributed by atoms with van der Waals surface area (Å²) < 4.78 is 5.59. The first kappa shape index (κ1) is 16.4. The molecular weight excluding hydrogens is 300 g/mol. The van der Waals surface area contributed by atoms with Crippen LogP contribution in [0.15, 0.2) is 48.5 Å². The van der Waals surface area contributed by atoms with Gasteiger partial charge < -0.3 is 15.0 Å². The normalized spacial score (nSPS) is 16.9. The number of likely N-dealkylation sites (tertiary alicyclic amines) is 1. The topological polar surface area (TPSA) is 41.6 Å². The lowest BCUT2D eigenvalue weighted by Gasteiger charge is -2.26. The van der Waals surface area contributed by atoms with Crippen molar-refractivity contribution < 1.29 is 9.53 Å². The molecule has 24 heavy (non-hydrogen) atoms. The molecule has 0 radical (unpaired) electrons. The number of urea groups is 1. The first-order valence-electron chi connectivity index (χ1n) is 8.55. The third-order valence-corrected chi connectivity index (χ3v) is 4.37. The summed E-state index contributed by atoms with van der Waals surface area (Å²) >= 11 is 0. The summed E-state index contributed by atoms with van der Waals surface area (Å²) in [6, 6.07) is 16.1. The summed E-state index contributed by atoms with van der Waals surface area (Å²) in [5, 5.41) is 3.01. The summed E-state index contributed by atoms with van der Waals surface area (Å²) in [7, 11) is 0. The van der Waals surface area contributed by atoms with E-state index in [1.807, 2.05) is 36.1 Å². The number of hydrogen-bond acceptors (Lipinski definition) is 2. The van der Waals surface area contributed by atoms with Gasteiger partial charge in [-0.1, -0.05) is 42.0 Å². The van der Waals surface area contributed by atoms with E-state index in [9.17, 15) is 4.79 Å². The van der Waals surface area contributed by atoms with Gasteiger partial charge in [0.1, 0.15) is 5.75 Å². The zero-order valence-corrected chi connectivity index (χ0v) is 14.3. The highest BCUT2D eigenvalue weighted by Crippen LogP contribution is 2.33. The van der Waals surface area contributed by atoms with Gasteiger partial charge in [0, 0.05) is 6.54 Å². The molecule has 4 nitrogen and oxygen atoms in total. The van der Waals surface area contributed by atoms with Gasteiger partial charge in [-0.3, -0.25) is 0 Å². The lowest BCUT2D eigenvalue weighted by molar-refractivity contribution is 0.207. The van der Waals surface area contributed by atoms with Crippen molar-refractivity contribution in [2.75, 3.05) is 18.5 Å². The molecule has 1 aliphatic rings. The Labute approximate surface area is 143 Å². The molecule has 0 spiro atoms. The molecular formula is C20H24N2O2. The number of amides is 2. The molecule has 2 aromatic rings. The Morgan fingerprint density at radius 2 is 2.08 bits per heavy atom. The molecule has 0 bridgehead atoms. The van der Waals surface area contributed by atoms with E-state index in [1.54, 1.807) is 0 Å². The Balaban J connectivity index is 1.77. The number of hydrogen-bond donors (Lipinski definition) is 1. The molecule has 4 heteroatoms. The molecule has 2 aromatic carbocycles. The van der Waals surface area contributed by atoms with Crippen molar-refractivity contribution >= 4 is 11.7 Å². The van der Waals surface area contributed by atoms with E-state index >= 15 is 0 Å². The molecule has 1 saturated heterocycles. The van der Waals surface area contributed by atoms with Gasteiger partial charge >= 0.3 is 6.03 Å². The van der Waals surface area contributed by atoms with Gasteiger partial charge in [-0.05, 0) is 44.4 Å². The maximum atomic E-state index is 12.8. The Bertz CT molecular complexity index is 714. The Morgan fingerprint density at radius 1 is 1.25 bits per heavy atom. The molecule has 0 aromatic heterocycles. The largest absolute Gasteiger partial charge is 0.492 e. The second-order valence-electron chi connectivity index (χ2n) is 6.12. The fourth-order valence-corrected chi connectivity index (χ4v) is 3.27. The highest BCUT2D eigenvalue weighted by Gasteiger charge is 2.30. The lowest BCUT2D eigenvalue weighted by atomic mass is 10.0. The Morgan fingerprint density at radius 3 is 2.88 bits per heavy atom. The van der Waals surface area contributed by atoms with E-state index in [0.717, 1.165) is 25.1 Å². The maximum absolute atomic E-state index is 12.8. The summed E-state index contributed by atoms with van der Waals surface area (Å²) in [5.41, 5.74) is 3.15. The second kappa shape index (κ2) is 7.39. The number of nitrogens with zero attached hydrogens (tertiary/aromatic N) is 1. The molecule has 126 valence electrons. The minimum absolute atomic E-state index is 0.0637. The van der Waals surface area contributed by atoms with Crippen LogP contribution in [0.3, 0.4) is 0 Å². The summed E-state index contributed by atoms with van der Waals surface area (Å²) in [5.74, 6) is 0.708. The van der Waals surface area contributed by atoms with Crippen LogP contribution in [0.2, 0.25) is 0 Å². The van der Waals surface area contributed by atoms with Gasteiger partial charge in [0.05, 0.1) is 18.3 Å². The van der Waals surface area contributed by atoms with Gasteiger partial charge in [0.15, 0.2) is 0 Å². The van der Waals surface area contributed by atoms with E-state index < -0.39 is 0 Å². The smallest absolute Gasteiger partial charge is 0.322 e. The van der Waals surface area contributed by atoms with Gasteiger partial charge in [-0.15, -0.1) is 0 Å². The minimum Gasteiger partial charge on any atom is -0.492 e. The molecule has 1 atom stereocenters. The van der Waals surface area contributed by atoms with Crippen molar-refractivity contribution in [2.45, 2.75) is 32.7 Å².